The zero-order valence-electron chi connectivity index (χ0n) is 11.3. The fourth-order valence-corrected chi connectivity index (χ4v) is 1.88. The van der Waals surface area contributed by atoms with Gasteiger partial charge in [0.1, 0.15) is 17.2 Å². The summed E-state index contributed by atoms with van der Waals surface area (Å²) < 4.78 is 31.3. The third-order valence-corrected chi connectivity index (χ3v) is 2.76. The average Bonchev–Trinajstić information content (AvgIpc) is 2.69. The molecule has 0 spiro atoms. The van der Waals surface area contributed by atoms with E-state index in [0.29, 0.717) is 17.0 Å². The lowest BCUT2D eigenvalue weighted by molar-refractivity contribution is 0.102. The summed E-state index contributed by atoms with van der Waals surface area (Å²) in [7, 11) is 0. The highest BCUT2D eigenvalue weighted by Gasteiger charge is 2.22. The Labute approximate surface area is 114 Å². The standard InChI is InChI=1S/C14H14F2N2O2/c1-7(2)13-12(8(3)18-20-13)14(19)17-11-5-9(15)4-10(16)6-11/h4-7H,1-3H3,(H,17,19). The highest BCUT2D eigenvalue weighted by atomic mass is 19.1. The van der Waals surface area contributed by atoms with Crippen molar-refractivity contribution in [1.29, 1.82) is 0 Å². The van der Waals surface area contributed by atoms with Crippen LogP contribution in [-0.4, -0.2) is 11.1 Å². The van der Waals surface area contributed by atoms with Gasteiger partial charge in [0.05, 0.1) is 5.69 Å². The molecule has 2 rings (SSSR count). The second kappa shape index (κ2) is 5.40. The number of carbonyl (C=O) groups is 1. The summed E-state index contributed by atoms with van der Waals surface area (Å²) in [6, 6.07) is 2.82. The minimum atomic E-state index is -0.758. The minimum absolute atomic E-state index is 0.0267. The third kappa shape index (κ3) is 2.84. The molecule has 0 aliphatic heterocycles. The lowest BCUT2D eigenvalue weighted by atomic mass is 10.0. The molecule has 0 radical (unpaired) electrons. The fourth-order valence-electron chi connectivity index (χ4n) is 1.88. The first-order chi connectivity index (χ1) is 9.38. The topological polar surface area (TPSA) is 55.1 Å². The largest absolute Gasteiger partial charge is 0.360 e. The molecule has 20 heavy (non-hydrogen) atoms. The van der Waals surface area contributed by atoms with Crippen LogP contribution in [0.3, 0.4) is 0 Å². The Morgan fingerprint density at radius 3 is 2.40 bits per heavy atom. The molecule has 2 aromatic rings. The van der Waals surface area contributed by atoms with Crippen molar-refractivity contribution >= 4 is 11.6 Å². The van der Waals surface area contributed by atoms with Crippen molar-refractivity contribution in [1.82, 2.24) is 5.16 Å². The van der Waals surface area contributed by atoms with Gasteiger partial charge >= 0.3 is 0 Å². The zero-order chi connectivity index (χ0) is 14.9. The average molecular weight is 280 g/mol. The fraction of sp³-hybridized carbons (Fsp3) is 0.286. The van der Waals surface area contributed by atoms with E-state index in [-0.39, 0.29) is 11.6 Å². The summed E-state index contributed by atoms with van der Waals surface area (Å²) in [5.41, 5.74) is 0.774. The zero-order valence-corrected chi connectivity index (χ0v) is 11.3. The number of hydrogen-bond acceptors (Lipinski definition) is 3. The maximum Gasteiger partial charge on any atom is 0.261 e. The highest BCUT2D eigenvalue weighted by Crippen LogP contribution is 2.23. The molecular weight excluding hydrogens is 266 g/mol. The van der Waals surface area contributed by atoms with Gasteiger partial charge in [0.15, 0.2) is 5.76 Å². The van der Waals surface area contributed by atoms with Crippen molar-refractivity contribution in [3.05, 3.63) is 46.9 Å². The summed E-state index contributed by atoms with van der Waals surface area (Å²) in [5, 5.41) is 6.19. The molecule has 6 heteroatoms. The maximum atomic E-state index is 13.1. The van der Waals surface area contributed by atoms with Crippen LogP contribution < -0.4 is 5.32 Å². The molecule has 0 saturated carbocycles. The van der Waals surface area contributed by atoms with Gasteiger partial charge in [0.2, 0.25) is 0 Å². The van der Waals surface area contributed by atoms with E-state index in [0.717, 1.165) is 18.2 Å². The number of nitrogens with zero attached hydrogens (tertiary/aromatic N) is 1. The van der Waals surface area contributed by atoms with Crippen LogP contribution in [0.5, 0.6) is 0 Å². The van der Waals surface area contributed by atoms with Crippen LogP contribution in [-0.2, 0) is 0 Å². The van der Waals surface area contributed by atoms with Crippen LogP contribution in [0.1, 0.15) is 41.6 Å². The number of anilines is 1. The van der Waals surface area contributed by atoms with E-state index < -0.39 is 17.5 Å². The Kier molecular flexibility index (Phi) is 3.83. The minimum Gasteiger partial charge on any atom is -0.360 e. The van der Waals surface area contributed by atoms with Gasteiger partial charge in [-0.1, -0.05) is 19.0 Å². The molecule has 1 aromatic carbocycles. The number of halogens is 2. The number of rotatable bonds is 3. The smallest absolute Gasteiger partial charge is 0.261 e. The van der Waals surface area contributed by atoms with Gasteiger partial charge in [-0.3, -0.25) is 4.79 Å². The number of nitrogens with one attached hydrogen (secondary N) is 1. The molecule has 0 unspecified atom stereocenters. The molecule has 4 nitrogen and oxygen atoms in total. The van der Waals surface area contributed by atoms with Gasteiger partial charge in [-0.25, -0.2) is 8.78 Å². The molecular formula is C14H14F2N2O2. The quantitative estimate of drug-likeness (QED) is 0.933. The molecule has 0 aliphatic rings. The molecule has 0 fully saturated rings. The number of carbonyl (C=O) groups excluding carboxylic acids is 1. The second-order valence-corrected chi connectivity index (χ2v) is 4.77. The van der Waals surface area contributed by atoms with Gasteiger partial charge in [-0.15, -0.1) is 0 Å². The molecule has 1 aromatic heterocycles. The first-order valence-electron chi connectivity index (χ1n) is 6.12. The third-order valence-electron chi connectivity index (χ3n) is 2.76. The maximum absolute atomic E-state index is 13.1. The lowest BCUT2D eigenvalue weighted by Crippen LogP contribution is -2.15. The summed E-state index contributed by atoms with van der Waals surface area (Å²) in [6.07, 6.45) is 0. The van der Waals surface area contributed by atoms with E-state index in [9.17, 15) is 13.6 Å². The predicted molar refractivity (Wildman–Crippen MR) is 69.6 cm³/mol. The summed E-state index contributed by atoms with van der Waals surface area (Å²) in [5.74, 6) is -1.60. The number of hydrogen-bond donors (Lipinski definition) is 1. The normalized spacial score (nSPS) is 10.9. The first kappa shape index (κ1) is 14.2. The van der Waals surface area contributed by atoms with E-state index in [1.165, 1.54) is 0 Å². The van der Waals surface area contributed by atoms with Gasteiger partial charge in [0.25, 0.3) is 5.91 Å². The molecule has 1 heterocycles. The lowest BCUT2D eigenvalue weighted by Gasteiger charge is -2.07. The Balaban J connectivity index is 2.31. The van der Waals surface area contributed by atoms with E-state index in [1.807, 2.05) is 13.8 Å². The molecule has 106 valence electrons. The Bertz CT molecular complexity index is 630. The van der Waals surface area contributed by atoms with Crippen LogP contribution in [0.2, 0.25) is 0 Å². The second-order valence-electron chi connectivity index (χ2n) is 4.77. The Morgan fingerprint density at radius 1 is 1.25 bits per heavy atom. The van der Waals surface area contributed by atoms with Crippen LogP contribution in [0.25, 0.3) is 0 Å². The number of amides is 1. The highest BCUT2D eigenvalue weighted by molar-refractivity contribution is 6.05. The van der Waals surface area contributed by atoms with Gasteiger partial charge < -0.3 is 9.84 Å². The SMILES string of the molecule is Cc1noc(C(C)C)c1C(=O)Nc1cc(F)cc(F)c1. The van der Waals surface area contributed by atoms with Gasteiger partial charge in [-0.2, -0.15) is 0 Å². The van der Waals surface area contributed by atoms with Crippen molar-refractivity contribution in [3.8, 4) is 0 Å². The van der Waals surface area contributed by atoms with Gasteiger partial charge in [0, 0.05) is 17.7 Å². The predicted octanol–water partition coefficient (Wildman–Crippen LogP) is 3.64. The van der Waals surface area contributed by atoms with E-state index >= 15 is 0 Å². The molecule has 0 aliphatic carbocycles. The first-order valence-corrected chi connectivity index (χ1v) is 6.12. The van der Waals surface area contributed by atoms with E-state index in [4.69, 9.17) is 4.52 Å². The monoisotopic (exact) mass is 280 g/mol. The number of aromatic nitrogens is 1. The van der Waals surface area contributed by atoms with Crippen molar-refractivity contribution < 1.29 is 18.1 Å². The van der Waals surface area contributed by atoms with Crippen LogP contribution in [0.15, 0.2) is 22.7 Å². The van der Waals surface area contributed by atoms with Crippen molar-refractivity contribution in [3.63, 3.8) is 0 Å². The summed E-state index contributed by atoms with van der Waals surface area (Å²) in [4.78, 5) is 12.2. The summed E-state index contributed by atoms with van der Waals surface area (Å²) in [6.45, 7) is 5.35. The van der Waals surface area contributed by atoms with Crippen LogP contribution in [0, 0.1) is 18.6 Å². The van der Waals surface area contributed by atoms with Crippen LogP contribution in [0.4, 0.5) is 14.5 Å². The molecule has 0 bridgehead atoms. The molecule has 1 amide bonds. The van der Waals surface area contributed by atoms with Crippen molar-refractivity contribution in [2.45, 2.75) is 26.7 Å². The van der Waals surface area contributed by atoms with Gasteiger partial charge in [-0.05, 0) is 19.1 Å². The van der Waals surface area contributed by atoms with Crippen molar-refractivity contribution in [2.75, 3.05) is 5.32 Å². The molecule has 0 saturated heterocycles. The number of benzene rings is 1. The molecule has 1 N–H and O–H groups in total. The van der Waals surface area contributed by atoms with E-state index in [1.54, 1.807) is 6.92 Å². The number of aryl methyl sites for hydroxylation is 1. The van der Waals surface area contributed by atoms with Crippen LogP contribution >= 0.6 is 0 Å². The van der Waals surface area contributed by atoms with E-state index in [2.05, 4.69) is 10.5 Å². The Hall–Kier alpha value is -2.24. The van der Waals surface area contributed by atoms with Crippen molar-refractivity contribution in [2.24, 2.45) is 0 Å². The molecule has 0 atom stereocenters. The summed E-state index contributed by atoms with van der Waals surface area (Å²) >= 11 is 0. The Morgan fingerprint density at radius 2 is 1.85 bits per heavy atom.